The summed E-state index contributed by atoms with van der Waals surface area (Å²) in [5.74, 6) is 1.28. The van der Waals surface area contributed by atoms with Gasteiger partial charge in [-0.25, -0.2) is 9.97 Å². The van der Waals surface area contributed by atoms with Gasteiger partial charge in [-0.1, -0.05) is 0 Å². The third-order valence-electron chi connectivity index (χ3n) is 2.98. The summed E-state index contributed by atoms with van der Waals surface area (Å²) in [4.78, 5) is 25.4. The molecule has 0 saturated heterocycles. The Morgan fingerprint density at radius 1 is 1.29 bits per heavy atom. The zero-order chi connectivity index (χ0) is 14.7. The van der Waals surface area contributed by atoms with E-state index in [0.717, 1.165) is 10.6 Å². The number of aromatic nitrogens is 4. The second kappa shape index (κ2) is 5.88. The molecule has 3 rings (SSSR count). The van der Waals surface area contributed by atoms with Crippen molar-refractivity contribution < 1.29 is 0 Å². The molecular weight excluding hydrogens is 288 g/mol. The molecule has 0 saturated carbocycles. The molecule has 0 amide bonds. The fourth-order valence-corrected chi connectivity index (χ4v) is 2.67. The molecule has 8 heteroatoms. The summed E-state index contributed by atoms with van der Waals surface area (Å²) >= 11 is 1.46. The molecule has 0 radical (unpaired) electrons. The molecule has 3 aromatic rings. The monoisotopic (exact) mass is 302 g/mol. The topological polar surface area (TPSA) is 84.7 Å². The maximum absolute atomic E-state index is 12.1. The van der Waals surface area contributed by atoms with Gasteiger partial charge in [-0.3, -0.25) is 14.3 Å². The van der Waals surface area contributed by atoms with E-state index in [1.54, 1.807) is 31.7 Å². The van der Waals surface area contributed by atoms with Gasteiger partial charge in [-0.2, -0.15) is 0 Å². The van der Waals surface area contributed by atoms with E-state index in [2.05, 4.69) is 25.6 Å². The Balaban J connectivity index is 1.65. The molecule has 2 N–H and O–H groups in total. The molecule has 21 heavy (non-hydrogen) atoms. The third kappa shape index (κ3) is 2.84. The zero-order valence-electron chi connectivity index (χ0n) is 11.4. The molecule has 0 aromatic carbocycles. The number of nitrogens with one attached hydrogen (secondary N) is 2. The van der Waals surface area contributed by atoms with Crippen LogP contribution in [0.4, 0.5) is 11.8 Å². The number of fused-ring (bicyclic) bond motifs is 1. The van der Waals surface area contributed by atoms with E-state index in [-0.39, 0.29) is 5.56 Å². The Morgan fingerprint density at radius 2 is 2.14 bits per heavy atom. The Morgan fingerprint density at radius 3 is 2.95 bits per heavy atom. The van der Waals surface area contributed by atoms with Gasteiger partial charge < -0.3 is 10.6 Å². The highest BCUT2D eigenvalue weighted by atomic mass is 32.1. The minimum absolute atomic E-state index is 0.0364. The van der Waals surface area contributed by atoms with Crippen molar-refractivity contribution in [2.75, 3.05) is 23.7 Å². The Hall–Kier alpha value is -2.48. The summed E-state index contributed by atoms with van der Waals surface area (Å²) in [7, 11) is 1.71. The average molecular weight is 302 g/mol. The van der Waals surface area contributed by atoms with E-state index in [1.807, 2.05) is 5.38 Å². The van der Waals surface area contributed by atoms with Crippen LogP contribution in [0.2, 0.25) is 0 Å². The van der Waals surface area contributed by atoms with Crippen LogP contribution in [0.25, 0.3) is 10.2 Å². The fourth-order valence-electron chi connectivity index (χ4n) is 1.91. The number of nitrogens with zero attached hydrogens (tertiary/aromatic N) is 4. The molecule has 0 aliphatic carbocycles. The first kappa shape index (κ1) is 13.5. The lowest BCUT2D eigenvalue weighted by Gasteiger charge is -2.10. The standard InChI is InChI=1S/C13H14N6OS/c1-19-12(20)9-2-7-21-11(9)18-13(19)17-6-5-16-10-8-14-3-4-15-10/h2-4,7-8H,5-6H2,1H3,(H,15,16)(H,17,18). The second-order valence-corrected chi connectivity index (χ2v) is 5.28. The van der Waals surface area contributed by atoms with Crippen LogP contribution in [0, 0.1) is 0 Å². The highest BCUT2D eigenvalue weighted by Crippen LogP contribution is 2.16. The molecule has 0 atom stereocenters. The van der Waals surface area contributed by atoms with Crippen molar-refractivity contribution in [2.24, 2.45) is 7.05 Å². The number of thiophene rings is 1. The van der Waals surface area contributed by atoms with Crippen LogP contribution >= 0.6 is 11.3 Å². The van der Waals surface area contributed by atoms with E-state index in [1.165, 1.54) is 15.9 Å². The largest absolute Gasteiger partial charge is 0.367 e. The summed E-state index contributed by atoms with van der Waals surface area (Å²) in [5, 5.41) is 8.82. The first-order valence-corrected chi connectivity index (χ1v) is 7.31. The van der Waals surface area contributed by atoms with Gasteiger partial charge >= 0.3 is 0 Å². The van der Waals surface area contributed by atoms with Crippen LogP contribution in [0.5, 0.6) is 0 Å². The molecule has 0 aliphatic rings. The summed E-state index contributed by atoms with van der Waals surface area (Å²) in [6.45, 7) is 1.27. The molecule has 7 nitrogen and oxygen atoms in total. The average Bonchev–Trinajstić information content (AvgIpc) is 2.98. The van der Waals surface area contributed by atoms with E-state index in [4.69, 9.17) is 0 Å². The molecule has 0 bridgehead atoms. The zero-order valence-corrected chi connectivity index (χ0v) is 12.2. The van der Waals surface area contributed by atoms with Gasteiger partial charge in [0.1, 0.15) is 10.6 Å². The van der Waals surface area contributed by atoms with Gasteiger partial charge in [0.2, 0.25) is 5.95 Å². The van der Waals surface area contributed by atoms with Crippen LogP contribution in [0.15, 0.2) is 34.8 Å². The highest BCUT2D eigenvalue weighted by Gasteiger charge is 2.08. The molecule has 108 valence electrons. The van der Waals surface area contributed by atoms with E-state index < -0.39 is 0 Å². The van der Waals surface area contributed by atoms with Crippen molar-refractivity contribution in [2.45, 2.75) is 0 Å². The van der Waals surface area contributed by atoms with Crippen LogP contribution in [0.1, 0.15) is 0 Å². The van der Waals surface area contributed by atoms with Gasteiger partial charge in [0.25, 0.3) is 5.56 Å². The van der Waals surface area contributed by atoms with Crippen molar-refractivity contribution >= 4 is 33.3 Å². The quantitative estimate of drug-likeness (QED) is 0.691. The first-order valence-electron chi connectivity index (χ1n) is 6.43. The summed E-state index contributed by atoms with van der Waals surface area (Å²) in [6, 6.07) is 1.80. The number of hydrogen-bond acceptors (Lipinski definition) is 7. The number of anilines is 2. The number of hydrogen-bond donors (Lipinski definition) is 2. The Kier molecular flexibility index (Phi) is 3.78. The van der Waals surface area contributed by atoms with Crippen LogP contribution in [0.3, 0.4) is 0 Å². The summed E-state index contributed by atoms with van der Waals surface area (Å²) in [5.41, 5.74) is -0.0364. The van der Waals surface area contributed by atoms with Crippen molar-refractivity contribution in [1.82, 2.24) is 19.5 Å². The molecule has 0 unspecified atom stereocenters. The van der Waals surface area contributed by atoms with Crippen LogP contribution in [-0.4, -0.2) is 32.6 Å². The first-order chi connectivity index (χ1) is 10.3. The van der Waals surface area contributed by atoms with Gasteiger partial charge in [0.05, 0.1) is 11.6 Å². The van der Waals surface area contributed by atoms with Crippen molar-refractivity contribution in [3.63, 3.8) is 0 Å². The molecule has 0 spiro atoms. The van der Waals surface area contributed by atoms with Gasteiger partial charge in [0.15, 0.2) is 0 Å². The normalized spacial score (nSPS) is 10.7. The predicted octanol–water partition coefficient (Wildman–Crippen LogP) is 1.31. The molecule has 0 aliphatic heterocycles. The Bertz CT molecular complexity index is 797. The molecule has 3 aromatic heterocycles. The smallest absolute Gasteiger partial charge is 0.263 e. The summed E-state index contributed by atoms with van der Waals surface area (Å²) in [6.07, 6.45) is 4.91. The lowest BCUT2D eigenvalue weighted by molar-refractivity contribution is 0.840. The van der Waals surface area contributed by atoms with Crippen molar-refractivity contribution in [3.8, 4) is 0 Å². The maximum atomic E-state index is 12.1. The van der Waals surface area contributed by atoms with E-state index in [9.17, 15) is 4.79 Å². The fraction of sp³-hybridized carbons (Fsp3) is 0.231. The lowest BCUT2D eigenvalue weighted by atomic mass is 10.4. The predicted molar refractivity (Wildman–Crippen MR) is 83.9 cm³/mol. The summed E-state index contributed by atoms with van der Waals surface area (Å²) < 4.78 is 1.53. The minimum Gasteiger partial charge on any atom is -0.367 e. The number of rotatable bonds is 5. The van der Waals surface area contributed by atoms with Gasteiger partial charge in [-0.05, 0) is 11.4 Å². The molecule has 0 fully saturated rings. The third-order valence-corrected chi connectivity index (χ3v) is 3.79. The Labute approximate surface area is 124 Å². The van der Waals surface area contributed by atoms with Crippen molar-refractivity contribution in [1.29, 1.82) is 0 Å². The van der Waals surface area contributed by atoms with Gasteiger partial charge in [-0.15, -0.1) is 11.3 Å². The molecule has 3 heterocycles. The lowest BCUT2D eigenvalue weighted by Crippen LogP contribution is -2.24. The van der Waals surface area contributed by atoms with Gasteiger partial charge in [0, 0.05) is 32.5 Å². The molecular formula is C13H14N6OS. The van der Waals surface area contributed by atoms with E-state index >= 15 is 0 Å². The SMILES string of the molecule is Cn1c(NCCNc2cnccn2)nc2sccc2c1=O. The van der Waals surface area contributed by atoms with Crippen molar-refractivity contribution in [3.05, 3.63) is 40.4 Å². The van der Waals surface area contributed by atoms with E-state index in [0.29, 0.717) is 24.4 Å². The highest BCUT2D eigenvalue weighted by molar-refractivity contribution is 7.16. The van der Waals surface area contributed by atoms with Crippen LogP contribution < -0.4 is 16.2 Å². The maximum Gasteiger partial charge on any atom is 0.263 e. The second-order valence-electron chi connectivity index (χ2n) is 4.38. The minimum atomic E-state index is -0.0364. The van der Waals surface area contributed by atoms with Crippen LogP contribution in [-0.2, 0) is 7.05 Å².